The van der Waals surface area contributed by atoms with Crippen molar-refractivity contribution in [2.75, 3.05) is 22.9 Å². The van der Waals surface area contributed by atoms with Crippen molar-refractivity contribution in [1.82, 2.24) is 0 Å². The lowest BCUT2D eigenvalue weighted by atomic mass is 9.81. The van der Waals surface area contributed by atoms with Crippen molar-refractivity contribution in [3.8, 4) is 0 Å². The van der Waals surface area contributed by atoms with Gasteiger partial charge in [0.15, 0.2) is 0 Å². The second kappa shape index (κ2) is 5.36. The predicted octanol–water partition coefficient (Wildman–Crippen LogP) is 3.07. The Balaban J connectivity index is 1.61. The molecule has 2 bridgehead atoms. The highest BCUT2D eigenvalue weighted by molar-refractivity contribution is 6.22. The van der Waals surface area contributed by atoms with E-state index >= 15 is 0 Å². The Morgan fingerprint density at radius 3 is 1.96 bits per heavy atom. The molecule has 3 fully saturated rings. The highest BCUT2D eigenvalue weighted by atomic mass is 16.2. The Labute approximate surface area is 137 Å². The number of fused-ring (bicyclic) bond motifs is 5. The molecule has 0 aromatic heterocycles. The fourth-order valence-corrected chi connectivity index (χ4v) is 5.06. The number of carbonyl (C=O) groups excluding carboxylic acids is 2. The maximum atomic E-state index is 12.8. The van der Waals surface area contributed by atoms with Crippen molar-refractivity contribution >= 4 is 23.2 Å². The van der Waals surface area contributed by atoms with E-state index in [9.17, 15) is 9.59 Å². The van der Waals surface area contributed by atoms with Gasteiger partial charge in [0.1, 0.15) is 0 Å². The van der Waals surface area contributed by atoms with Gasteiger partial charge in [-0.2, -0.15) is 0 Å². The Morgan fingerprint density at radius 2 is 1.48 bits per heavy atom. The van der Waals surface area contributed by atoms with Crippen LogP contribution in [0.25, 0.3) is 0 Å². The number of carbonyl (C=O) groups is 2. The number of anilines is 2. The Morgan fingerprint density at radius 1 is 0.957 bits per heavy atom. The summed E-state index contributed by atoms with van der Waals surface area (Å²) in [7, 11) is 0. The number of hydrogen-bond donors (Lipinski definition) is 0. The standard InChI is InChI=1S/C19H24N2O2/c1-3-20(4-2)14-7-9-15(10-8-14)21-18(22)16-12-5-6-13(11-12)17(16)19(21)23/h7-10,12-13,16-17H,3-6,11H2,1-2H3. The molecule has 1 aliphatic heterocycles. The maximum absolute atomic E-state index is 12.8. The molecule has 4 unspecified atom stereocenters. The summed E-state index contributed by atoms with van der Waals surface area (Å²) in [6.45, 7) is 6.15. The first-order chi connectivity index (χ1) is 11.2. The van der Waals surface area contributed by atoms with Crippen molar-refractivity contribution in [2.24, 2.45) is 23.7 Å². The van der Waals surface area contributed by atoms with E-state index in [1.165, 1.54) is 4.90 Å². The van der Waals surface area contributed by atoms with Gasteiger partial charge >= 0.3 is 0 Å². The second-order valence-corrected chi connectivity index (χ2v) is 7.09. The van der Waals surface area contributed by atoms with Crippen LogP contribution in [0.5, 0.6) is 0 Å². The van der Waals surface area contributed by atoms with Crippen molar-refractivity contribution in [1.29, 1.82) is 0 Å². The summed E-state index contributed by atoms with van der Waals surface area (Å²) in [4.78, 5) is 29.3. The van der Waals surface area contributed by atoms with E-state index in [0.717, 1.165) is 43.7 Å². The van der Waals surface area contributed by atoms with Crippen LogP contribution in [0.2, 0.25) is 0 Å². The van der Waals surface area contributed by atoms with Crippen LogP contribution in [-0.4, -0.2) is 24.9 Å². The summed E-state index contributed by atoms with van der Waals surface area (Å²) in [5.74, 6) is 0.904. The van der Waals surface area contributed by atoms with Gasteiger partial charge in [-0.15, -0.1) is 0 Å². The fourth-order valence-electron chi connectivity index (χ4n) is 5.06. The zero-order chi connectivity index (χ0) is 16.1. The monoisotopic (exact) mass is 312 g/mol. The second-order valence-electron chi connectivity index (χ2n) is 7.09. The minimum atomic E-state index is -0.0382. The number of nitrogens with zero attached hydrogens (tertiary/aromatic N) is 2. The molecule has 1 saturated heterocycles. The van der Waals surface area contributed by atoms with E-state index in [0.29, 0.717) is 11.8 Å². The Kier molecular flexibility index (Phi) is 3.43. The topological polar surface area (TPSA) is 40.6 Å². The number of rotatable bonds is 4. The van der Waals surface area contributed by atoms with Gasteiger partial charge in [0.2, 0.25) is 11.8 Å². The van der Waals surface area contributed by atoms with Gasteiger partial charge < -0.3 is 4.90 Å². The van der Waals surface area contributed by atoms with E-state index in [4.69, 9.17) is 0 Å². The summed E-state index contributed by atoms with van der Waals surface area (Å²) in [5.41, 5.74) is 1.88. The predicted molar refractivity (Wildman–Crippen MR) is 90.3 cm³/mol. The van der Waals surface area contributed by atoms with Gasteiger partial charge in [0, 0.05) is 18.8 Å². The Hall–Kier alpha value is -1.84. The van der Waals surface area contributed by atoms with Crippen LogP contribution in [0.15, 0.2) is 24.3 Å². The number of hydrogen-bond acceptors (Lipinski definition) is 3. The maximum Gasteiger partial charge on any atom is 0.237 e. The molecule has 1 aromatic carbocycles. The molecule has 4 heteroatoms. The highest BCUT2D eigenvalue weighted by Crippen LogP contribution is 2.56. The summed E-state index contributed by atoms with van der Waals surface area (Å²) in [6.07, 6.45) is 3.33. The van der Waals surface area contributed by atoms with Gasteiger partial charge in [-0.3, -0.25) is 14.5 Å². The van der Waals surface area contributed by atoms with Crippen LogP contribution in [0.1, 0.15) is 33.1 Å². The summed E-state index contributed by atoms with van der Waals surface area (Å²) >= 11 is 0. The largest absolute Gasteiger partial charge is 0.372 e. The van der Waals surface area contributed by atoms with Crippen LogP contribution >= 0.6 is 0 Å². The minimum absolute atomic E-state index is 0.0382. The molecule has 1 aromatic rings. The molecule has 3 aliphatic rings. The average molecular weight is 312 g/mol. The fraction of sp³-hybridized carbons (Fsp3) is 0.579. The van der Waals surface area contributed by atoms with Gasteiger partial charge in [-0.1, -0.05) is 0 Å². The molecule has 122 valence electrons. The molecule has 4 atom stereocenters. The normalized spacial score (nSPS) is 31.8. The van der Waals surface area contributed by atoms with Gasteiger partial charge in [0.25, 0.3) is 0 Å². The van der Waals surface area contributed by atoms with Crippen molar-refractivity contribution in [3.63, 3.8) is 0 Å². The third-order valence-electron chi connectivity index (χ3n) is 6.16. The summed E-state index contributed by atoms with van der Waals surface area (Å²) in [5, 5.41) is 0. The molecule has 0 spiro atoms. The zero-order valence-electron chi connectivity index (χ0n) is 13.9. The number of imide groups is 1. The van der Waals surface area contributed by atoms with Crippen molar-refractivity contribution in [3.05, 3.63) is 24.3 Å². The summed E-state index contributed by atoms with van der Waals surface area (Å²) < 4.78 is 0. The minimum Gasteiger partial charge on any atom is -0.372 e. The van der Waals surface area contributed by atoms with Crippen molar-refractivity contribution in [2.45, 2.75) is 33.1 Å². The molecular weight excluding hydrogens is 288 g/mol. The van der Waals surface area contributed by atoms with E-state index < -0.39 is 0 Å². The lowest BCUT2D eigenvalue weighted by Crippen LogP contribution is -2.32. The molecule has 23 heavy (non-hydrogen) atoms. The number of amides is 2. The van der Waals surface area contributed by atoms with Crippen molar-refractivity contribution < 1.29 is 9.59 Å². The smallest absolute Gasteiger partial charge is 0.237 e. The van der Waals surface area contributed by atoms with Gasteiger partial charge in [0.05, 0.1) is 17.5 Å². The van der Waals surface area contributed by atoms with E-state index in [1.807, 2.05) is 24.3 Å². The molecule has 2 saturated carbocycles. The molecule has 2 aliphatic carbocycles. The first-order valence-corrected chi connectivity index (χ1v) is 8.88. The lowest BCUT2D eigenvalue weighted by molar-refractivity contribution is -0.123. The Bertz CT molecular complexity index is 607. The first-order valence-electron chi connectivity index (χ1n) is 8.88. The highest BCUT2D eigenvalue weighted by Gasteiger charge is 2.61. The lowest BCUT2D eigenvalue weighted by Gasteiger charge is -2.22. The molecule has 1 heterocycles. The molecular formula is C19H24N2O2. The van der Waals surface area contributed by atoms with E-state index in [1.54, 1.807) is 0 Å². The third-order valence-corrected chi connectivity index (χ3v) is 6.16. The van der Waals surface area contributed by atoms with Crippen LogP contribution in [0, 0.1) is 23.7 Å². The van der Waals surface area contributed by atoms with Crippen LogP contribution < -0.4 is 9.80 Å². The quantitative estimate of drug-likeness (QED) is 0.802. The summed E-state index contributed by atoms with van der Waals surface area (Å²) in [6, 6.07) is 7.88. The zero-order valence-corrected chi connectivity index (χ0v) is 13.9. The SMILES string of the molecule is CCN(CC)c1ccc(N2C(=O)C3C4CCC(C4)C3C2=O)cc1. The number of benzene rings is 1. The van der Waals surface area contributed by atoms with Crippen LogP contribution in [-0.2, 0) is 9.59 Å². The molecule has 4 nitrogen and oxygen atoms in total. The third kappa shape index (κ3) is 2.03. The van der Waals surface area contributed by atoms with Crippen LogP contribution in [0.3, 0.4) is 0 Å². The van der Waals surface area contributed by atoms with Gasteiger partial charge in [-0.05, 0) is 69.2 Å². The van der Waals surface area contributed by atoms with Crippen LogP contribution in [0.4, 0.5) is 11.4 Å². The molecule has 2 amide bonds. The van der Waals surface area contributed by atoms with Gasteiger partial charge in [-0.25, -0.2) is 0 Å². The average Bonchev–Trinajstić information content (AvgIpc) is 3.24. The molecule has 0 N–H and O–H groups in total. The van der Waals surface area contributed by atoms with E-state index in [-0.39, 0.29) is 23.7 Å². The molecule has 4 rings (SSSR count). The molecule has 0 radical (unpaired) electrons. The first kappa shape index (κ1) is 14.7. The van der Waals surface area contributed by atoms with E-state index in [2.05, 4.69) is 18.7 Å².